The van der Waals surface area contributed by atoms with Gasteiger partial charge in [0.15, 0.2) is 11.9 Å². The maximum Gasteiger partial charge on any atom is 0.340 e. The van der Waals surface area contributed by atoms with E-state index in [-0.39, 0.29) is 0 Å². The van der Waals surface area contributed by atoms with E-state index >= 15 is 0 Å². The average molecular weight is 287 g/mol. The van der Waals surface area contributed by atoms with Gasteiger partial charge in [-0.3, -0.25) is 4.98 Å². The van der Waals surface area contributed by atoms with E-state index in [9.17, 15) is 4.79 Å². The molecule has 1 unspecified atom stereocenters. The van der Waals surface area contributed by atoms with Crippen molar-refractivity contribution in [2.24, 2.45) is 0 Å². The molecule has 1 aliphatic rings. The van der Waals surface area contributed by atoms with Gasteiger partial charge in [-0.05, 0) is 45.7 Å². The van der Waals surface area contributed by atoms with Crippen LogP contribution in [0.1, 0.15) is 65.2 Å². The normalized spacial score (nSPS) is 15.8. The fraction of sp³-hybridized carbons (Fsp3) is 0.467. The highest BCUT2D eigenvalue weighted by atomic mass is 16.6. The van der Waals surface area contributed by atoms with E-state index in [1.807, 2.05) is 13.0 Å². The van der Waals surface area contributed by atoms with Crippen molar-refractivity contribution in [2.45, 2.75) is 45.6 Å². The Morgan fingerprint density at radius 1 is 1.33 bits per heavy atom. The Balaban J connectivity index is 1.72. The van der Waals surface area contributed by atoms with Crippen LogP contribution in [0.3, 0.4) is 0 Å². The van der Waals surface area contributed by atoms with Crippen molar-refractivity contribution in [1.82, 2.24) is 15.1 Å². The number of carbonyl (C=O) groups excluding carboxylic acids is 1. The molecule has 0 aliphatic heterocycles. The number of esters is 1. The molecule has 2 heterocycles. The van der Waals surface area contributed by atoms with Crippen molar-refractivity contribution in [3.05, 3.63) is 40.8 Å². The molecule has 3 rings (SSSR count). The summed E-state index contributed by atoms with van der Waals surface area (Å²) in [5.41, 5.74) is 2.23. The number of aryl methyl sites for hydroxylation is 2. The van der Waals surface area contributed by atoms with Gasteiger partial charge in [-0.15, -0.1) is 0 Å². The summed E-state index contributed by atoms with van der Waals surface area (Å²) in [6.07, 6.45) is 1.79. The minimum absolute atomic E-state index is 0.293. The molecular formula is C15H17N3O3. The molecule has 0 N–H and O–H groups in total. The maximum atomic E-state index is 12.2. The van der Waals surface area contributed by atoms with Crippen molar-refractivity contribution in [3.8, 4) is 0 Å². The van der Waals surface area contributed by atoms with E-state index in [4.69, 9.17) is 9.26 Å². The summed E-state index contributed by atoms with van der Waals surface area (Å²) in [6.45, 7) is 5.24. The molecule has 0 spiro atoms. The largest absolute Gasteiger partial charge is 0.449 e. The molecule has 0 amide bonds. The lowest BCUT2D eigenvalue weighted by Gasteiger charge is -2.11. The second-order valence-corrected chi connectivity index (χ2v) is 5.37. The molecule has 2 aromatic rings. The molecule has 6 nitrogen and oxygen atoms in total. The summed E-state index contributed by atoms with van der Waals surface area (Å²) in [4.78, 5) is 20.7. The Morgan fingerprint density at radius 2 is 2.10 bits per heavy atom. The van der Waals surface area contributed by atoms with Crippen molar-refractivity contribution in [1.29, 1.82) is 0 Å². The summed E-state index contributed by atoms with van der Waals surface area (Å²) < 4.78 is 10.4. The van der Waals surface area contributed by atoms with Gasteiger partial charge < -0.3 is 9.26 Å². The summed E-state index contributed by atoms with van der Waals surface area (Å²) in [5.74, 6) is 0.945. The van der Waals surface area contributed by atoms with Gasteiger partial charge in [0.1, 0.15) is 0 Å². The smallest absolute Gasteiger partial charge is 0.340 e. The van der Waals surface area contributed by atoms with Gasteiger partial charge in [0, 0.05) is 11.6 Å². The number of nitrogens with zero attached hydrogens (tertiary/aromatic N) is 3. The highest BCUT2D eigenvalue weighted by molar-refractivity contribution is 5.90. The molecule has 0 saturated heterocycles. The molecule has 110 valence electrons. The zero-order valence-corrected chi connectivity index (χ0v) is 12.3. The Bertz CT molecular complexity index is 677. The Hall–Kier alpha value is -2.24. The number of ether oxygens (including phenoxy) is 1. The van der Waals surface area contributed by atoms with E-state index in [0.29, 0.717) is 28.9 Å². The van der Waals surface area contributed by atoms with E-state index in [1.165, 1.54) is 12.8 Å². The highest BCUT2D eigenvalue weighted by Crippen LogP contribution is 2.39. The summed E-state index contributed by atoms with van der Waals surface area (Å²) in [6, 6.07) is 3.69. The van der Waals surface area contributed by atoms with Crippen LogP contribution in [-0.2, 0) is 4.74 Å². The molecule has 0 bridgehead atoms. The second-order valence-electron chi connectivity index (χ2n) is 5.37. The van der Waals surface area contributed by atoms with Crippen LogP contribution in [0, 0.1) is 13.8 Å². The Morgan fingerprint density at radius 3 is 2.67 bits per heavy atom. The third-order valence-electron chi connectivity index (χ3n) is 3.50. The molecule has 2 aromatic heterocycles. The highest BCUT2D eigenvalue weighted by Gasteiger charge is 2.26. The Kier molecular flexibility index (Phi) is 3.45. The van der Waals surface area contributed by atoms with Gasteiger partial charge in [0.05, 0.1) is 11.3 Å². The van der Waals surface area contributed by atoms with Gasteiger partial charge >= 0.3 is 5.97 Å². The van der Waals surface area contributed by atoms with E-state index < -0.39 is 12.1 Å². The fourth-order valence-corrected chi connectivity index (χ4v) is 2.16. The second kappa shape index (κ2) is 5.27. The summed E-state index contributed by atoms with van der Waals surface area (Å²) in [5, 5.41) is 3.68. The topological polar surface area (TPSA) is 78.1 Å². The van der Waals surface area contributed by atoms with Gasteiger partial charge in [-0.1, -0.05) is 5.16 Å². The zero-order valence-electron chi connectivity index (χ0n) is 12.3. The standard InChI is InChI=1S/C15H17N3O3/c1-8-12(6-7-13(16-8)11-4-5-11)15(19)20-9(2)14-17-10(3)18-21-14/h6-7,9,11H,4-5H2,1-3H3. The molecular weight excluding hydrogens is 270 g/mol. The van der Waals surface area contributed by atoms with Crippen LogP contribution >= 0.6 is 0 Å². The monoisotopic (exact) mass is 287 g/mol. The lowest BCUT2D eigenvalue weighted by Crippen LogP contribution is -2.12. The predicted octanol–water partition coefficient (Wildman–Crippen LogP) is 2.88. The van der Waals surface area contributed by atoms with Gasteiger partial charge in [-0.2, -0.15) is 4.98 Å². The summed E-state index contributed by atoms with van der Waals surface area (Å²) >= 11 is 0. The first-order valence-corrected chi connectivity index (χ1v) is 7.03. The molecule has 0 aromatic carbocycles. The van der Waals surface area contributed by atoms with Crippen LogP contribution in [0.15, 0.2) is 16.7 Å². The zero-order chi connectivity index (χ0) is 15.0. The molecule has 1 aliphatic carbocycles. The summed E-state index contributed by atoms with van der Waals surface area (Å²) in [7, 11) is 0. The van der Waals surface area contributed by atoms with Crippen LogP contribution < -0.4 is 0 Å². The van der Waals surface area contributed by atoms with E-state index in [1.54, 1.807) is 19.9 Å². The van der Waals surface area contributed by atoms with E-state index in [0.717, 1.165) is 5.69 Å². The first-order valence-electron chi connectivity index (χ1n) is 7.03. The van der Waals surface area contributed by atoms with Crippen molar-refractivity contribution in [2.75, 3.05) is 0 Å². The third kappa shape index (κ3) is 2.94. The number of aromatic nitrogens is 3. The third-order valence-corrected chi connectivity index (χ3v) is 3.50. The lowest BCUT2D eigenvalue weighted by atomic mass is 10.1. The molecule has 6 heteroatoms. The molecule has 21 heavy (non-hydrogen) atoms. The maximum absolute atomic E-state index is 12.2. The van der Waals surface area contributed by atoms with Crippen molar-refractivity contribution >= 4 is 5.97 Å². The minimum Gasteiger partial charge on any atom is -0.449 e. The average Bonchev–Trinajstić information content (AvgIpc) is 3.20. The number of hydrogen-bond acceptors (Lipinski definition) is 6. The molecule has 1 fully saturated rings. The molecule has 1 saturated carbocycles. The number of hydrogen-bond donors (Lipinski definition) is 0. The van der Waals surface area contributed by atoms with Crippen LogP contribution in [0.5, 0.6) is 0 Å². The van der Waals surface area contributed by atoms with Crippen LogP contribution in [-0.4, -0.2) is 21.1 Å². The first-order chi connectivity index (χ1) is 10.0. The van der Waals surface area contributed by atoms with Crippen LogP contribution in [0.2, 0.25) is 0 Å². The number of rotatable bonds is 4. The molecule has 0 radical (unpaired) electrons. The Labute approximate surface area is 122 Å². The van der Waals surface area contributed by atoms with Crippen molar-refractivity contribution in [3.63, 3.8) is 0 Å². The van der Waals surface area contributed by atoms with Crippen LogP contribution in [0.4, 0.5) is 0 Å². The SMILES string of the molecule is Cc1noc(C(C)OC(=O)c2ccc(C3CC3)nc2C)n1. The van der Waals surface area contributed by atoms with E-state index in [2.05, 4.69) is 15.1 Å². The minimum atomic E-state index is -0.582. The fourth-order valence-electron chi connectivity index (χ4n) is 2.16. The van der Waals surface area contributed by atoms with Crippen molar-refractivity contribution < 1.29 is 14.1 Å². The van der Waals surface area contributed by atoms with Gasteiger partial charge in [-0.25, -0.2) is 4.79 Å². The van der Waals surface area contributed by atoms with Crippen LogP contribution in [0.25, 0.3) is 0 Å². The predicted molar refractivity (Wildman–Crippen MR) is 73.8 cm³/mol. The van der Waals surface area contributed by atoms with Gasteiger partial charge in [0.25, 0.3) is 5.89 Å². The number of pyridine rings is 1. The van der Waals surface area contributed by atoms with Gasteiger partial charge in [0.2, 0.25) is 0 Å². The quantitative estimate of drug-likeness (QED) is 0.804. The molecule has 1 atom stereocenters. The lowest BCUT2D eigenvalue weighted by molar-refractivity contribution is 0.0264. The first kappa shape index (κ1) is 13.7. The number of carbonyl (C=O) groups is 1.